The monoisotopic (exact) mass is 444 g/mol. The van der Waals surface area contributed by atoms with E-state index in [9.17, 15) is 9.59 Å². The van der Waals surface area contributed by atoms with Crippen molar-refractivity contribution in [2.75, 3.05) is 32.7 Å². The maximum Gasteiger partial charge on any atom is 0.270 e. The van der Waals surface area contributed by atoms with Crippen LogP contribution in [0.2, 0.25) is 0 Å². The zero-order valence-electron chi connectivity index (χ0n) is 19.3. The number of nitrogens with one attached hydrogen (secondary N) is 2. The van der Waals surface area contributed by atoms with Crippen LogP contribution in [0, 0.1) is 0 Å². The lowest BCUT2D eigenvalue weighted by Gasteiger charge is -2.34. The molecule has 1 aliphatic heterocycles. The summed E-state index contributed by atoms with van der Waals surface area (Å²) >= 11 is 0. The van der Waals surface area contributed by atoms with Crippen LogP contribution in [0.1, 0.15) is 53.0 Å². The van der Waals surface area contributed by atoms with Crippen molar-refractivity contribution in [3.05, 3.63) is 70.9 Å². The molecular formula is C27H32N4O2. The molecule has 5 rings (SSSR count). The Morgan fingerprint density at radius 3 is 2.52 bits per heavy atom. The molecule has 0 radical (unpaired) electrons. The summed E-state index contributed by atoms with van der Waals surface area (Å²) in [7, 11) is 0. The van der Waals surface area contributed by atoms with Crippen LogP contribution < -0.4 is 5.32 Å². The fourth-order valence-electron chi connectivity index (χ4n) is 5.06. The SMILES string of the molecule is CC(NC(=O)CN1CCN(C(=O)c2cc3ccccc3[nH]2)CC1)c1ccc2c(c1)CCCC2. The number of para-hydroxylation sites is 1. The third-order valence-electron chi connectivity index (χ3n) is 7.04. The van der Waals surface area contributed by atoms with E-state index in [1.54, 1.807) is 0 Å². The average molecular weight is 445 g/mol. The lowest BCUT2D eigenvalue weighted by atomic mass is 9.89. The van der Waals surface area contributed by atoms with Crippen LogP contribution in [-0.4, -0.2) is 59.3 Å². The topological polar surface area (TPSA) is 68.4 Å². The van der Waals surface area contributed by atoms with Crippen molar-refractivity contribution in [3.63, 3.8) is 0 Å². The van der Waals surface area contributed by atoms with Crippen molar-refractivity contribution < 1.29 is 9.59 Å². The van der Waals surface area contributed by atoms with Crippen molar-refractivity contribution in [1.29, 1.82) is 0 Å². The van der Waals surface area contributed by atoms with E-state index < -0.39 is 0 Å². The van der Waals surface area contributed by atoms with Crippen LogP contribution in [0.4, 0.5) is 0 Å². The highest BCUT2D eigenvalue weighted by molar-refractivity contribution is 5.98. The summed E-state index contributed by atoms with van der Waals surface area (Å²) < 4.78 is 0. The van der Waals surface area contributed by atoms with Crippen LogP contribution in [0.15, 0.2) is 48.5 Å². The zero-order chi connectivity index (χ0) is 22.8. The molecule has 0 saturated carbocycles. The van der Waals surface area contributed by atoms with Gasteiger partial charge in [0.1, 0.15) is 5.69 Å². The Labute approximate surface area is 195 Å². The maximum absolute atomic E-state index is 12.9. The fraction of sp³-hybridized carbons (Fsp3) is 0.407. The van der Waals surface area contributed by atoms with Crippen molar-refractivity contribution in [1.82, 2.24) is 20.1 Å². The number of nitrogens with zero attached hydrogens (tertiary/aromatic N) is 2. The normalized spacial score (nSPS) is 17.5. The standard InChI is InChI=1S/C27H32N4O2/c1-19(21-11-10-20-6-2-3-7-22(20)16-21)28-26(32)18-30-12-14-31(15-13-30)27(33)25-17-23-8-4-5-9-24(23)29-25/h4-5,8-11,16-17,19,29H,2-3,6-7,12-15,18H2,1H3,(H,28,32). The van der Waals surface area contributed by atoms with E-state index in [4.69, 9.17) is 0 Å². The zero-order valence-corrected chi connectivity index (χ0v) is 19.3. The predicted molar refractivity (Wildman–Crippen MR) is 130 cm³/mol. The van der Waals surface area contributed by atoms with Gasteiger partial charge >= 0.3 is 0 Å². The Hall–Kier alpha value is -3.12. The van der Waals surface area contributed by atoms with E-state index in [1.807, 2.05) is 35.2 Å². The Bertz CT molecular complexity index is 1130. The lowest BCUT2D eigenvalue weighted by molar-refractivity contribution is -0.123. The molecule has 1 saturated heterocycles. The highest BCUT2D eigenvalue weighted by Crippen LogP contribution is 2.25. The molecule has 1 unspecified atom stereocenters. The van der Waals surface area contributed by atoms with Gasteiger partial charge < -0.3 is 15.2 Å². The van der Waals surface area contributed by atoms with E-state index in [1.165, 1.54) is 36.0 Å². The molecular weight excluding hydrogens is 412 g/mol. The van der Waals surface area contributed by atoms with Crippen molar-refractivity contribution in [2.45, 2.75) is 38.6 Å². The Morgan fingerprint density at radius 2 is 1.73 bits per heavy atom. The third-order valence-corrected chi connectivity index (χ3v) is 7.04. The number of carbonyl (C=O) groups is 2. The number of piperazine rings is 1. The van der Waals surface area contributed by atoms with E-state index in [-0.39, 0.29) is 17.9 Å². The Balaban J connectivity index is 1.12. The number of hydrogen-bond donors (Lipinski definition) is 2. The second-order valence-electron chi connectivity index (χ2n) is 9.36. The van der Waals surface area contributed by atoms with Crippen LogP contribution in [-0.2, 0) is 17.6 Å². The number of benzene rings is 2. The van der Waals surface area contributed by atoms with Crippen molar-refractivity contribution >= 4 is 22.7 Å². The smallest absolute Gasteiger partial charge is 0.270 e. The second kappa shape index (κ2) is 9.40. The molecule has 172 valence electrons. The molecule has 1 fully saturated rings. The summed E-state index contributed by atoms with van der Waals surface area (Å²) in [5, 5.41) is 4.20. The van der Waals surface area contributed by atoms with Gasteiger partial charge in [-0.05, 0) is 61.4 Å². The number of carbonyl (C=O) groups excluding carboxylic acids is 2. The largest absolute Gasteiger partial charge is 0.351 e. The summed E-state index contributed by atoms with van der Waals surface area (Å²) in [5.74, 6) is 0.0620. The third kappa shape index (κ3) is 4.81. The number of fused-ring (bicyclic) bond motifs is 2. The van der Waals surface area contributed by atoms with E-state index in [0.717, 1.165) is 17.3 Å². The Morgan fingerprint density at radius 1 is 0.970 bits per heavy atom. The van der Waals surface area contributed by atoms with Gasteiger partial charge in [-0.3, -0.25) is 14.5 Å². The molecule has 2 amide bonds. The van der Waals surface area contributed by atoms with E-state index in [2.05, 4.69) is 40.3 Å². The fourth-order valence-corrected chi connectivity index (χ4v) is 5.06. The van der Waals surface area contributed by atoms with Crippen LogP contribution >= 0.6 is 0 Å². The van der Waals surface area contributed by atoms with Crippen LogP contribution in [0.25, 0.3) is 10.9 Å². The number of aromatic amines is 1. The lowest BCUT2D eigenvalue weighted by Crippen LogP contribution is -2.51. The molecule has 2 N–H and O–H groups in total. The highest BCUT2D eigenvalue weighted by atomic mass is 16.2. The molecule has 6 heteroatoms. The quantitative estimate of drug-likeness (QED) is 0.631. The minimum atomic E-state index is -0.00500. The summed E-state index contributed by atoms with van der Waals surface area (Å²) in [6, 6.07) is 16.5. The molecule has 1 aliphatic carbocycles. The van der Waals surface area contributed by atoms with Gasteiger partial charge in [0.25, 0.3) is 5.91 Å². The molecule has 2 aliphatic rings. The first-order chi connectivity index (χ1) is 16.1. The van der Waals surface area contributed by atoms with E-state index in [0.29, 0.717) is 38.4 Å². The van der Waals surface area contributed by atoms with E-state index >= 15 is 0 Å². The number of rotatable bonds is 5. The Kier molecular flexibility index (Phi) is 6.18. The van der Waals surface area contributed by atoms with Gasteiger partial charge in [0.05, 0.1) is 12.6 Å². The highest BCUT2D eigenvalue weighted by Gasteiger charge is 2.25. The van der Waals surface area contributed by atoms with Gasteiger partial charge in [-0.2, -0.15) is 0 Å². The van der Waals surface area contributed by atoms with Crippen LogP contribution in [0.5, 0.6) is 0 Å². The number of aryl methyl sites for hydroxylation is 2. The van der Waals surface area contributed by atoms with Crippen molar-refractivity contribution in [3.8, 4) is 0 Å². The molecule has 3 aromatic rings. The van der Waals surface area contributed by atoms with Gasteiger partial charge in [-0.1, -0.05) is 36.4 Å². The van der Waals surface area contributed by atoms with Gasteiger partial charge in [0, 0.05) is 37.1 Å². The summed E-state index contributed by atoms with van der Waals surface area (Å²) in [5.41, 5.74) is 5.68. The van der Waals surface area contributed by atoms with Crippen LogP contribution in [0.3, 0.4) is 0 Å². The molecule has 1 aromatic heterocycles. The minimum absolute atomic E-state index is 0.00500. The van der Waals surface area contributed by atoms with Gasteiger partial charge in [-0.15, -0.1) is 0 Å². The number of hydrogen-bond acceptors (Lipinski definition) is 3. The van der Waals surface area contributed by atoms with Gasteiger partial charge in [0.15, 0.2) is 0 Å². The molecule has 1 atom stereocenters. The number of aromatic nitrogens is 1. The minimum Gasteiger partial charge on any atom is -0.351 e. The van der Waals surface area contributed by atoms with Gasteiger partial charge in [-0.25, -0.2) is 0 Å². The first kappa shape index (κ1) is 21.7. The summed E-state index contributed by atoms with van der Waals surface area (Å²) in [6.45, 7) is 5.08. The molecule has 0 bridgehead atoms. The second-order valence-corrected chi connectivity index (χ2v) is 9.36. The molecule has 2 heterocycles. The first-order valence-corrected chi connectivity index (χ1v) is 12.1. The number of H-pyrrole nitrogens is 1. The molecule has 6 nitrogen and oxygen atoms in total. The average Bonchev–Trinajstić information content (AvgIpc) is 3.28. The first-order valence-electron chi connectivity index (χ1n) is 12.1. The van der Waals surface area contributed by atoms with Gasteiger partial charge in [0.2, 0.25) is 5.91 Å². The predicted octanol–water partition coefficient (Wildman–Crippen LogP) is 3.68. The maximum atomic E-state index is 12.9. The summed E-state index contributed by atoms with van der Waals surface area (Å²) in [6.07, 6.45) is 4.85. The summed E-state index contributed by atoms with van der Waals surface area (Å²) in [4.78, 5) is 32.8. The molecule has 0 spiro atoms. The molecule has 33 heavy (non-hydrogen) atoms. The number of amides is 2. The molecule has 2 aromatic carbocycles. The van der Waals surface area contributed by atoms with Crippen molar-refractivity contribution in [2.24, 2.45) is 0 Å².